The number of anilines is 1. The number of ketones is 1. The van der Waals surface area contributed by atoms with E-state index in [1.165, 1.54) is 24.3 Å². The first kappa shape index (κ1) is 18.5. The van der Waals surface area contributed by atoms with Gasteiger partial charge in [-0.3, -0.25) is 10.1 Å². The number of rotatable bonds is 6. The van der Waals surface area contributed by atoms with Crippen molar-refractivity contribution in [2.75, 3.05) is 32.6 Å². The molecular formula is C19H19FN4O3. The van der Waals surface area contributed by atoms with E-state index in [-0.39, 0.29) is 18.3 Å². The first-order chi connectivity index (χ1) is 12.9. The maximum atomic E-state index is 13.0. The molecule has 0 spiro atoms. The number of fused-ring (bicyclic) bond motifs is 1. The predicted molar refractivity (Wildman–Crippen MR) is 99.5 cm³/mol. The number of halogens is 1. The standard InChI is InChI=1S/C19H19FN4O3/c1-24(2)9-10-27-19(26)23-18-21-15-8-5-13(11-16(15)22-18)17(25)12-3-6-14(20)7-4-12/h3-8,11H,9-10H2,1-2H3,(H2,21,22,23,26). The van der Waals surface area contributed by atoms with Crippen LogP contribution < -0.4 is 5.32 Å². The number of benzene rings is 2. The molecule has 2 N–H and O–H groups in total. The molecule has 0 aliphatic carbocycles. The number of ether oxygens (including phenoxy) is 1. The second-order valence-electron chi connectivity index (χ2n) is 6.22. The smallest absolute Gasteiger partial charge is 0.414 e. The van der Waals surface area contributed by atoms with Crippen molar-refractivity contribution in [2.45, 2.75) is 0 Å². The molecule has 2 aromatic carbocycles. The Morgan fingerprint density at radius 3 is 2.56 bits per heavy atom. The molecule has 3 aromatic rings. The Hall–Kier alpha value is -3.26. The van der Waals surface area contributed by atoms with Gasteiger partial charge < -0.3 is 14.6 Å². The molecular weight excluding hydrogens is 351 g/mol. The van der Waals surface area contributed by atoms with E-state index in [2.05, 4.69) is 15.3 Å². The monoisotopic (exact) mass is 370 g/mol. The summed E-state index contributed by atoms with van der Waals surface area (Å²) in [6, 6.07) is 10.3. The van der Waals surface area contributed by atoms with Gasteiger partial charge in [-0.1, -0.05) is 0 Å². The number of amides is 1. The summed E-state index contributed by atoms with van der Waals surface area (Å²) in [4.78, 5) is 33.3. The predicted octanol–water partition coefficient (Wildman–Crippen LogP) is 3.04. The number of hydrogen-bond donors (Lipinski definition) is 2. The zero-order valence-electron chi connectivity index (χ0n) is 15.0. The molecule has 1 aromatic heterocycles. The molecule has 1 heterocycles. The Kier molecular flexibility index (Phi) is 5.46. The quantitative estimate of drug-likeness (QED) is 0.651. The van der Waals surface area contributed by atoms with E-state index in [1.54, 1.807) is 18.2 Å². The Morgan fingerprint density at radius 1 is 1.15 bits per heavy atom. The number of carbonyl (C=O) groups is 2. The first-order valence-corrected chi connectivity index (χ1v) is 8.31. The number of H-pyrrole nitrogens is 1. The highest BCUT2D eigenvalue weighted by molar-refractivity contribution is 6.10. The Balaban J connectivity index is 1.72. The van der Waals surface area contributed by atoms with Crippen molar-refractivity contribution in [3.63, 3.8) is 0 Å². The SMILES string of the molecule is CN(C)CCOC(=O)Nc1nc2ccc(C(=O)c3ccc(F)cc3)cc2[nH]1. The molecule has 0 unspecified atom stereocenters. The van der Waals surface area contributed by atoms with Crippen LogP contribution in [0, 0.1) is 5.82 Å². The average Bonchev–Trinajstić information content (AvgIpc) is 3.02. The lowest BCUT2D eigenvalue weighted by Gasteiger charge is -2.09. The van der Waals surface area contributed by atoms with Crippen LogP contribution in [0.2, 0.25) is 0 Å². The Morgan fingerprint density at radius 2 is 1.85 bits per heavy atom. The lowest BCUT2D eigenvalue weighted by atomic mass is 10.0. The number of aromatic amines is 1. The zero-order valence-corrected chi connectivity index (χ0v) is 15.0. The molecule has 3 rings (SSSR count). The molecule has 140 valence electrons. The normalized spacial score (nSPS) is 11.0. The van der Waals surface area contributed by atoms with Gasteiger partial charge in [0.15, 0.2) is 5.78 Å². The van der Waals surface area contributed by atoms with Crippen LogP contribution in [0.1, 0.15) is 15.9 Å². The molecule has 0 atom stereocenters. The Bertz CT molecular complexity index is 967. The van der Waals surface area contributed by atoms with Crippen molar-refractivity contribution in [2.24, 2.45) is 0 Å². The van der Waals surface area contributed by atoms with Crippen LogP contribution in [0.5, 0.6) is 0 Å². The molecule has 0 aliphatic rings. The molecule has 8 heteroatoms. The topological polar surface area (TPSA) is 87.3 Å². The van der Waals surface area contributed by atoms with Crippen molar-refractivity contribution in [1.82, 2.24) is 14.9 Å². The summed E-state index contributed by atoms with van der Waals surface area (Å²) in [6.45, 7) is 0.873. The molecule has 0 radical (unpaired) electrons. The largest absolute Gasteiger partial charge is 0.448 e. The van der Waals surface area contributed by atoms with Gasteiger partial charge in [0.1, 0.15) is 12.4 Å². The maximum Gasteiger partial charge on any atom is 0.414 e. The van der Waals surface area contributed by atoms with Crippen molar-refractivity contribution in [3.8, 4) is 0 Å². The Labute approximate surface area is 155 Å². The lowest BCUT2D eigenvalue weighted by Crippen LogP contribution is -2.22. The van der Waals surface area contributed by atoms with Gasteiger partial charge in [-0.05, 0) is 56.6 Å². The number of nitrogens with zero attached hydrogens (tertiary/aromatic N) is 2. The van der Waals surface area contributed by atoms with Crippen LogP contribution in [-0.2, 0) is 4.74 Å². The molecule has 0 fully saturated rings. The van der Waals surface area contributed by atoms with E-state index in [9.17, 15) is 14.0 Å². The third-order valence-corrected chi connectivity index (χ3v) is 3.84. The van der Waals surface area contributed by atoms with Gasteiger partial charge in [0.2, 0.25) is 5.95 Å². The fraction of sp³-hybridized carbons (Fsp3) is 0.211. The summed E-state index contributed by atoms with van der Waals surface area (Å²) < 4.78 is 18.1. The number of likely N-dealkylation sites (N-methyl/N-ethyl adjacent to an activating group) is 1. The second-order valence-corrected chi connectivity index (χ2v) is 6.22. The number of nitrogens with one attached hydrogen (secondary N) is 2. The van der Waals surface area contributed by atoms with E-state index in [4.69, 9.17) is 4.74 Å². The number of aromatic nitrogens is 2. The van der Waals surface area contributed by atoms with Crippen LogP contribution >= 0.6 is 0 Å². The minimum Gasteiger partial charge on any atom is -0.448 e. The highest BCUT2D eigenvalue weighted by Crippen LogP contribution is 2.19. The van der Waals surface area contributed by atoms with E-state index >= 15 is 0 Å². The van der Waals surface area contributed by atoms with Gasteiger partial charge in [-0.15, -0.1) is 0 Å². The molecule has 1 amide bonds. The average molecular weight is 370 g/mol. The van der Waals surface area contributed by atoms with Gasteiger partial charge >= 0.3 is 6.09 Å². The van der Waals surface area contributed by atoms with E-state index in [0.717, 1.165) is 0 Å². The molecule has 27 heavy (non-hydrogen) atoms. The molecule has 0 bridgehead atoms. The first-order valence-electron chi connectivity index (χ1n) is 8.31. The summed E-state index contributed by atoms with van der Waals surface area (Å²) in [7, 11) is 3.76. The van der Waals surface area contributed by atoms with Crippen LogP contribution in [0.15, 0.2) is 42.5 Å². The lowest BCUT2D eigenvalue weighted by molar-refractivity contribution is 0.103. The summed E-state index contributed by atoms with van der Waals surface area (Å²) in [5.74, 6) is -0.404. The van der Waals surface area contributed by atoms with Gasteiger partial charge in [-0.2, -0.15) is 0 Å². The minimum absolute atomic E-state index is 0.228. The fourth-order valence-electron chi connectivity index (χ4n) is 2.43. The number of imidazole rings is 1. The fourth-order valence-corrected chi connectivity index (χ4v) is 2.43. The highest BCUT2D eigenvalue weighted by atomic mass is 19.1. The van der Waals surface area contributed by atoms with Gasteiger partial charge in [0.05, 0.1) is 11.0 Å². The molecule has 0 saturated carbocycles. The summed E-state index contributed by atoms with van der Waals surface area (Å²) >= 11 is 0. The number of hydrogen-bond acceptors (Lipinski definition) is 5. The second kappa shape index (κ2) is 7.96. The van der Waals surface area contributed by atoms with E-state index in [1.807, 2.05) is 19.0 Å². The van der Waals surface area contributed by atoms with Crippen LogP contribution in [0.3, 0.4) is 0 Å². The highest BCUT2D eigenvalue weighted by Gasteiger charge is 2.13. The summed E-state index contributed by atoms with van der Waals surface area (Å²) in [5.41, 5.74) is 2.00. The molecule has 7 nitrogen and oxygen atoms in total. The van der Waals surface area contributed by atoms with Crippen LogP contribution in [0.4, 0.5) is 15.1 Å². The van der Waals surface area contributed by atoms with Gasteiger partial charge in [0, 0.05) is 17.7 Å². The number of carbonyl (C=O) groups excluding carboxylic acids is 2. The molecule has 0 aliphatic heterocycles. The zero-order chi connectivity index (χ0) is 19.4. The van der Waals surface area contributed by atoms with Gasteiger partial charge in [0.25, 0.3) is 0 Å². The minimum atomic E-state index is -0.612. The summed E-state index contributed by atoms with van der Waals surface area (Å²) in [5, 5.41) is 2.52. The van der Waals surface area contributed by atoms with E-state index in [0.29, 0.717) is 28.7 Å². The van der Waals surface area contributed by atoms with Crippen molar-refractivity contribution >= 4 is 28.9 Å². The van der Waals surface area contributed by atoms with Crippen LogP contribution in [0.25, 0.3) is 11.0 Å². The maximum absolute atomic E-state index is 13.0. The third-order valence-electron chi connectivity index (χ3n) is 3.84. The summed E-state index contributed by atoms with van der Waals surface area (Å²) in [6.07, 6.45) is -0.612. The van der Waals surface area contributed by atoms with Crippen molar-refractivity contribution in [1.29, 1.82) is 0 Å². The van der Waals surface area contributed by atoms with Crippen LogP contribution in [-0.4, -0.2) is 54.0 Å². The van der Waals surface area contributed by atoms with Crippen molar-refractivity contribution < 1.29 is 18.7 Å². The third kappa shape index (κ3) is 4.68. The van der Waals surface area contributed by atoms with Gasteiger partial charge in [-0.25, -0.2) is 14.2 Å². The van der Waals surface area contributed by atoms with E-state index < -0.39 is 11.9 Å². The van der Waals surface area contributed by atoms with Crippen molar-refractivity contribution in [3.05, 3.63) is 59.4 Å². The molecule has 0 saturated heterocycles.